The minimum atomic E-state index is -0.0225. The summed E-state index contributed by atoms with van der Waals surface area (Å²) in [5.74, 6) is 1.19. The van der Waals surface area contributed by atoms with Crippen molar-refractivity contribution in [2.45, 2.75) is 20.3 Å². The van der Waals surface area contributed by atoms with E-state index in [1.54, 1.807) is 6.92 Å². The number of amides is 1. The summed E-state index contributed by atoms with van der Waals surface area (Å²) in [6.45, 7) is 4.63. The van der Waals surface area contributed by atoms with Crippen molar-refractivity contribution in [2.75, 3.05) is 18.0 Å². The van der Waals surface area contributed by atoms with Gasteiger partial charge in [0.25, 0.3) is 0 Å². The van der Waals surface area contributed by atoms with Crippen molar-refractivity contribution in [3.8, 4) is 6.07 Å². The normalized spacial score (nSPS) is 19.8. The molecule has 1 saturated heterocycles. The topological polar surface area (TPSA) is 83.3 Å². The summed E-state index contributed by atoms with van der Waals surface area (Å²) in [6, 6.07) is 2.10. The third-order valence-electron chi connectivity index (χ3n) is 3.26. The van der Waals surface area contributed by atoms with E-state index in [2.05, 4.69) is 6.07 Å². The van der Waals surface area contributed by atoms with Gasteiger partial charge in [-0.1, -0.05) is 0 Å². The SMILES string of the molecule is Cc1oc(N2CC(CN)CC2=O)c(C#N)c1C. The Kier molecular flexibility index (Phi) is 2.90. The van der Waals surface area contributed by atoms with Gasteiger partial charge in [-0.05, 0) is 26.3 Å². The van der Waals surface area contributed by atoms with Gasteiger partial charge in [0.1, 0.15) is 17.4 Å². The standard InChI is InChI=1S/C12H15N3O2/c1-7-8(2)17-12(10(7)5-14)15-6-9(4-13)3-11(15)16/h9H,3-4,6,13H2,1-2H3. The lowest BCUT2D eigenvalue weighted by atomic mass is 10.1. The number of nitrogens with zero attached hydrogens (tertiary/aromatic N) is 2. The van der Waals surface area contributed by atoms with Gasteiger partial charge < -0.3 is 10.2 Å². The first-order valence-electron chi connectivity index (χ1n) is 5.59. The fraction of sp³-hybridized carbons (Fsp3) is 0.500. The molecule has 0 radical (unpaired) electrons. The van der Waals surface area contributed by atoms with Crippen molar-refractivity contribution in [1.82, 2.24) is 0 Å². The average molecular weight is 233 g/mol. The fourth-order valence-electron chi connectivity index (χ4n) is 2.07. The first-order valence-corrected chi connectivity index (χ1v) is 5.59. The van der Waals surface area contributed by atoms with Crippen LogP contribution in [0.1, 0.15) is 23.3 Å². The number of carbonyl (C=O) groups excluding carboxylic acids is 1. The number of anilines is 1. The minimum Gasteiger partial charge on any atom is -0.444 e. The van der Waals surface area contributed by atoms with E-state index in [9.17, 15) is 4.79 Å². The lowest BCUT2D eigenvalue weighted by Crippen LogP contribution is -2.26. The second-order valence-corrected chi connectivity index (χ2v) is 4.39. The zero-order valence-corrected chi connectivity index (χ0v) is 9.99. The van der Waals surface area contributed by atoms with E-state index in [0.717, 1.165) is 5.56 Å². The third-order valence-corrected chi connectivity index (χ3v) is 3.26. The van der Waals surface area contributed by atoms with Crippen LogP contribution in [-0.4, -0.2) is 19.0 Å². The molecule has 1 aliphatic heterocycles. The molecule has 0 bridgehead atoms. The lowest BCUT2D eigenvalue weighted by Gasteiger charge is -2.13. The van der Waals surface area contributed by atoms with Crippen LogP contribution in [0.3, 0.4) is 0 Å². The summed E-state index contributed by atoms with van der Waals surface area (Å²) < 4.78 is 5.53. The maximum Gasteiger partial charge on any atom is 0.229 e. The summed E-state index contributed by atoms with van der Waals surface area (Å²) in [5.41, 5.74) is 6.82. The average Bonchev–Trinajstić information content (AvgIpc) is 2.81. The molecule has 1 aromatic rings. The molecule has 5 nitrogen and oxygen atoms in total. The molecule has 1 aliphatic rings. The van der Waals surface area contributed by atoms with E-state index >= 15 is 0 Å². The number of hydrogen-bond acceptors (Lipinski definition) is 4. The zero-order valence-electron chi connectivity index (χ0n) is 9.99. The van der Waals surface area contributed by atoms with Crippen LogP contribution >= 0.6 is 0 Å². The molecule has 1 atom stereocenters. The van der Waals surface area contributed by atoms with Crippen LogP contribution in [-0.2, 0) is 4.79 Å². The highest BCUT2D eigenvalue weighted by Gasteiger charge is 2.34. The van der Waals surface area contributed by atoms with E-state index in [0.29, 0.717) is 36.7 Å². The monoisotopic (exact) mass is 233 g/mol. The number of nitriles is 1. The van der Waals surface area contributed by atoms with Gasteiger partial charge in [0, 0.05) is 18.5 Å². The van der Waals surface area contributed by atoms with E-state index in [1.165, 1.54) is 4.90 Å². The number of rotatable bonds is 2. The van der Waals surface area contributed by atoms with Crippen molar-refractivity contribution in [1.29, 1.82) is 5.26 Å². The molecule has 1 unspecified atom stereocenters. The van der Waals surface area contributed by atoms with E-state index < -0.39 is 0 Å². The van der Waals surface area contributed by atoms with Gasteiger partial charge in [0.2, 0.25) is 11.8 Å². The Balaban J connectivity index is 2.39. The number of hydrogen-bond donors (Lipinski definition) is 1. The first kappa shape index (κ1) is 11.7. The summed E-state index contributed by atoms with van der Waals surface area (Å²) in [6.07, 6.45) is 0.431. The highest BCUT2D eigenvalue weighted by atomic mass is 16.4. The molecule has 17 heavy (non-hydrogen) atoms. The molecule has 0 aromatic carbocycles. The predicted molar refractivity (Wildman–Crippen MR) is 62.4 cm³/mol. The van der Waals surface area contributed by atoms with Crippen molar-refractivity contribution >= 4 is 11.8 Å². The van der Waals surface area contributed by atoms with E-state index in [1.807, 2.05) is 6.92 Å². The van der Waals surface area contributed by atoms with Crippen LogP contribution < -0.4 is 10.6 Å². The number of carbonyl (C=O) groups is 1. The molecule has 1 amide bonds. The van der Waals surface area contributed by atoms with Crippen LogP contribution in [0.5, 0.6) is 0 Å². The van der Waals surface area contributed by atoms with Gasteiger partial charge in [0.05, 0.1) is 0 Å². The van der Waals surface area contributed by atoms with Gasteiger partial charge in [-0.2, -0.15) is 5.26 Å². The maximum absolute atomic E-state index is 11.8. The van der Waals surface area contributed by atoms with Crippen molar-refractivity contribution in [3.05, 3.63) is 16.9 Å². The summed E-state index contributed by atoms with van der Waals surface area (Å²) in [7, 11) is 0. The van der Waals surface area contributed by atoms with Gasteiger partial charge >= 0.3 is 0 Å². The Bertz CT molecular complexity index is 499. The summed E-state index contributed by atoms with van der Waals surface area (Å²) >= 11 is 0. The molecule has 90 valence electrons. The van der Waals surface area contributed by atoms with Gasteiger partial charge in [-0.25, -0.2) is 0 Å². The quantitative estimate of drug-likeness (QED) is 0.828. The highest BCUT2D eigenvalue weighted by molar-refractivity contribution is 5.95. The largest absolute Gasteiger partial charge is 0.444 e. The Labute approximate surface area is 99.8 Å². The molecule has 5 heteroatoms. The zero-order chi connectivity index (χ0) is 12.6. The molecule has 2 rings (SSSR count). The van der Waals surface area contributed by atoms with Gasteiger partial charge in [-0.15, -0.1) is 0 Å². The van der Waals surface area contributed by atoms with E-state index in [-0.39, 0.29) is 11.8 Å². The Hall–Kier alpha value is -1.80. The number of aryl methyl sites for hydroxylation is 1. The molecule has 0 saturated carbocycles. The first-order chi connectivity index (χ1) is 8.08. The van der Waals surface area contributed by atoms with Crippen LogP contribution in [0, 0.1) is 31.1 Å². The second kappa shape index (κ2) is 4.22. The van der Waals surface area contributed by atoms with Crippen LogP contribution in [0.15, 0.2) is 4.42 Å². The van der Waals surface area contributed by atoms with Crippen LogP contribution in [0.4, 0.5) is 5.88 Å². The Morgan fingerprint density at radius 2 is 2.29 bits per heavy atom. The second-order valence-electron chi connectivity index (χ2n) is 4.39. The highest BCUT2D eigenvalue weighted by Crippen LogP contribution is 2.32. The molecule has 1 fully saturated rings. The molecule has 0 spiro atoms. The summed E-state index contributed by atoms with van der Waals surface area (Å²) in [4.78, 5) is 13.4. The fourth-order valence-corrected chi connectivity index (χ4v) is 2.07. The maximum atomic E-state index is 11.8. The van der Waals surface area contributed by atoms with Crippen LogP contribution in [0.25, 0.3) is 0 Å². The molecule has 0 aliphatic carbocycles. The molecule has 2 heterocycles. The third kappa shape index (κ3) is 1.81. The Morgan fingerprint density at radius 3 is 2.82 bits per heavy atom. The van der Waals surface area contributed by atoms with Crippen LogP contribution in [0.2, 0.25) is 0 Å². The smallest absolute Gasteiger partial charge is 0.229 e. The minimum absolute atomic E-state index is 0.0225. The number of nitrogens with two attached hydrogens (primary N) is 1. The van der Waals surface area contributed by atoms with Gasteiger partial charge in [-0.3, -0.25) is 9.69 Å². The molecule has 2 N–H and O–H groups in total. The predicted octanol–water partition coefficient (Wildman–Crippen LogP) is 1.08. The molecular weight excluding hydrogens is 218 g/mol. The van der Waals surface area contributed by atoms with Crippen molar-refractivity contribution in [2.24, 2.45) is 11.7 Å². The van der Waals surface area contributed by atoms with Crippen molar-refractivity contribution < 1.29 is 9.21 Å². The number of furan rings is 1. The van der Waals surface area contributed by atoms with E-state index in [4.69, 9.17) is 15.4 Å². The lowest BCUT2D eigenvalue weighted by molar-refractivity contribution is -0.117. The van der Waals surface area contributed by atoms with Gasteiger partial charge in [0.15, 0.2) is 0 Å². The Morgan fingerprint density at radius 1 is 1.59 bits per heavy atom. The van der Waals surface area contributed by atoms with Crippen molar-refractivity contribution in [3.63, 3.8) is 0 Å². The molecule has 1 aromatic heterocycles. The summed E-state index contributed by atoms with van der Waals surface area (Å²) in [5, 5.41) is 9.11. The molecular formula is C12H15N3O2.